The van der Waals surface area contributed by atoms with Crippen LogP contribution in [0.25, 0.3) is 0 Å². The fourth-order valence-corrected chi connectivity index (χ4v) is 4.65. The maximum absolute atomic E-state index is 12.4. The zero-order valence-electron chi connectivity index (χ0n) is 12.4. The number of hydrogen-bond acceptors (Lipinski definition) is 4. The molecule has 4 nitrogen and oxygen atoms in total. The second kappa shape index (κ2) is 5.85. The van der Waals surface area contributed by atoms with Crippen LogP contribution in [0.4, 0.5) is 5.69 Å². The number of anilines is 1. The Labute approximate surface area is 146 Å². The van der Waals surface area contributed by atoms with Crippen molar-refractivity contribution in [3.05, 3.63) is 50.6 Å². The summed E-state index contributed by atoms with van der Waals surface area (Å²) in [7, 11) is 0. The third kappa shape index (κ3) is 2.55. The highest BCUT2D eigenvalue weighted by molar-refractivity contribution is 9.10. The van der Waals surface area contributed by atoms with E-state index in [1.807, 2.05) is 12.1 Å². The Morgan fingerprint density at radius 2 is 2.13 bits per heavy atom. The molecular weight excluding hydrogens is 376 g/mol. The largest absolute Gasteiger partial charge is 0.300 e. The predicted octanol–water partition coefficient (Wildman–Crippen LogP) is 3.83. The van der Waals surface area contributed by atoms with Crippen LogP contribution >= 0.6 is 27.3 Å². The first kappa shape index (κ1) is 15.1. The molecular formula is C17H15BrN2O2S. The van der Waals surface area contributed by atoms with E-state index < -0.39 is 11.7 Å². The summed E-state index contributed by atoms with van der Waals surface area (Å²) in [6.07, 6.45) is 2.22. The van der Waals surface area contributed by atoms with E-state index >= 15 is 0 Å². The molecule has 1 amide bonds. The van der Waals surface area contributed by atoms with Crippen LogP contribution in [0.2, 0.25) is 0 Å². The van der Waals surface area contributed by atoms with Crippen molar-refractivity contribution in [1.82, 2.24) is 4.90 Å². The summed E-state index contributed by atoms with van der Waals surface area (Å²) < 4.78 is 0.817. The van der Waals surface area contributed by atoms with E-state index in [0.29, 0.717) is 18.3 Å². The molecule has 2 aromatic rings. The molecule has 3 heterocycles. The van der Waals surface area contributed by atoms with Crippen LogP contribution in [-0.2, 0) is 4.79 Å². The van der Waals surface area contributed by atoms with Gasteiger partial charge in [0.1, 0.15) is 0 Å². The topological polar surface area (TPSA) is 40.6 Å². The maximum Gasteiger partial charge on any atom is 0.300 e. The molecule has 0 radical (unpaired) electrons. The van der Waals surface area contributed by atoms with Gasteiger partial charge in [0.15, 0.2) is 0 Å². The van der Waals surface area contributed by atoms with E-state index in [9.17, 15) is 9.59 Å². The smallest absolute Gasteiger partial charge is 0.291 e. The van der Waals surface area contributed by atoms with Crippen LogP contribution in [0.15, 0.2) is 40.2 Å². The first-order valence-corrected chi connectivity index (χ1v) is 9.25. The number of thiophene rings is 1. The molecule has 118 valence electrons. The number of Topliss-reactive ketones (excluding diaryl/α,β-unsaturated/α-hetero) is 1. The van der Waals surface area contributed by atoms with Crippen LogP contribution in [0.3, 0.4) is 0 Å². The molecule has 1 aromatic carbocycles. The lowest BCUT2D eigenvalue weighted by atomic mass is 10.1. The Hall–Kier alpha value is -1.50. The van der Waals surface area contributed by atoms with E-state index in [0.717, 1.165) is 29.5 Å². The van der Waals surface area contributed by atoms with Crippen molar-refractivity contribution in [2.45, 2.75) is 18.9 Å². The first-order chi connectivity index (χ1) is 11.1. The molecule has 6 heteroatoms. The Balaban J connectivity index is 1.62. The fourth-order valence-electron chi connectivity index (χ4n) is 3.39. The third-order valence-electron chi connectivity index (χ3n) is 4.49. The van der Waals surface area contributed by atoms with Crippen LogP contribution < -0.4 is 4.90 Å². The Bertz CT molecular complexity index is 775. The van der Waals surface area contributed by atoms with Crippen molar-refractivity contribution in [3.63, 3.8) is 0 Å². The number of amides is 1. The van der Waals surface area contributed by atoms with Gasteiger partial charge in [-0.3, -0.25) is 19.4 Å². The summed E-state index contributed by atoms with van der Waals surface area (Å²) in [5.74, 6) is -0.830. The number of nitrogens with zero attached hydrogens (tertiary/aromatic N) is 2. The van der Waals surface area contributed by atoms with E-state index in [1.54, 1.807) is 22.3 Å². The molecule has 0 spiro atoms. The molecule has 1 aromatic heterocycles. The highest BCUT2D eigenvalue weighted by Gasteiger charge is 2.38. The minimum atomic E-state index is -0.421. The second-order valence-electron chi connectivity index (χ2n) is 5.85. The molecule has 0 saturated carbocycles. The summed E-state index contributed by atoms with van der Waals surface area (Å²) in [5, 5.41) is 2.09. The Kier molecular flexibility index (Phi) is 3.83. The lowest BCUT2D eigenvalue weighted by Crippen LogP contribution is -2.40. The minimum Gasteiger partial charge on any atom is -0.291 e. The van der Waals surface area contributed by atoms with Gasteiger partial charge in [0.2, 0.25) is 0 Å². The zero-order valence-corrected chi connectivity index (χ0v) is 14.8. The van der Waals surface area contributed by atoms with E-state index in [4.69, 9.17) is 0 Å². The van der Waals surface area contributed by atoms with Gasteiger partial charge in [0.25, 0.3) is 5.78 Å². The number of benzene rings is 1. The number of carbonyl (C=O) groups excluding carboxylic acids is 2. The van der Waals surface area contributed by atoms with Gasteiger partial charge in [-0.05, 0) is 42.5 Å². The maximum atomic E-state index is 12.4. The number of carbonyl (C=O) groups is 2. The molecule has 0 bridgehead atoms. The highest BCUT2D eigenvalue weighted by atomic mass is 79.9. The van der Waals surface area contributed by atoms with Crippen molar-refractivity contribution in [1.29, 1.82) is 0 Å². The lowest BCUT2D eigenvalue weighted by molar-refractivity contribution is -0.114. The summed E-state index contributed by atoms with van der Waals surface area (Å²) in [6, 6.07) is 10.0. The fraction of sp³-hybridized carbons (Fsp3) is 0.294. The number of ketones is 1. The average Bonchev–Trinajstić information content (AvgIpc) is 3.25. The molecule has 1 atom stereocenters. The number of hydrogen-bond donors (Lipinski definition) is 0. The van der Waals surface area contributed by atoms with Gasteiger partial charge in [-0.15, -0.1) is 11.3 Å². The molecule has 0 N–H and O–H groups in total. The monoisotopic (exact) mass is 390 g/mol. The van der Waals surface area contributed by atoms with Gasteiger partial charge in [0, 0.05) is 21.9 Å². The Morgan fingerprint density at radius 3 is 2.91 bits per heavy atom. The van der Waals surface area contributed by atoms with Gasteiger partial charge in [0.05, 0.1) is 17.9 Å². The van der Waals surface area contributed by atoms with Crippen LogP contribution in [-0.4, -0.2) is 29.8 Å². The number of rotatable bonds is 3. The van der Waals surface area contributed by atoms with Gasteiger partial charge < -0.3 is 0 Å². The van der Waals surface area contributed by atoms with Crippen molar-refractivity contribution in [3.8, 4) is 0 Å². The summed E-state index contributed by atoms with van der Waals surface area (Å²) in [4.78, 5) is 29.9. The molecule has 4 rings (SSSR count). The van der Waals surface area contributed by atoms with Gasteiger partial charge in [-0.25, -0.2) is 0 Å². The van der Waals surface area contributed by atoms with Crippen LogP contribution in [0.5, 0.6) is 0 Å². The molecule has 0 aliphatic carbocycles. The number of fused-ring (bicyclic) bond motifs is 1. The quantitative estimate of drug-likeness (QED) is 0.747. The normalized spacial score (nSPS) is 21.3. The molecule has 23 heavy (non-hydrogen) atoms. The SMILES string of the molecule is O=C1C(=O)N(CN2CCCC2c2cccs2)c2ccc(Br)cc21. The van der Waals surface area contributed by atoms with Crippen molar-refractivity contribution >= 4 is 44.6 Å². The molecule has 1 saturated heterocycles. The van der Waals surface area contributed by atoms with E-state index in [-0.39, 0.29) is 0 Å². The molecule has 2 aliphatic rings. The number of likely N-dealkylation sites (tertiary alicyclic amines) is 1. The first-order valence-electron chi connectivity index (χ1n) is 7.58. The Morgan fingerprint density at radius 1 is 1.26 bits per heavy atom. The van der Waals surface area contributed by atoms with Crippen molar-refractivity contribution < 1.29 is 9.59 Å². The molecule has 2 aliphatic heterocycles. The zero-order chi connectivity index (χ0) is 16.0. The van der Waals surface area contributed by atoms with Crippen molar-refractivity contribution in [2.75, 3.05) is 18.1 Å². The minimum absolute atomic E-state index is 0.345. The summed E-state index contributed by atoms with van der Waals surface area (Å²) in [5.41, 5.74) is 1.22. The van der Waals surface area contributed by atoms with E-state index in [1.165, 1.54) is 4.88 Å². The molecule has 1 fully saturated rings. The van der Waals surface area contributed by atoms with Crippen molar-refractivity contribution in [2.24, 2.45) is 0 Å². The summed E-state index contributed by atoms with van der Waals surface area (Å²) in [6.45, 7) is 1.42. The standard InChI is InChI=1S/C17H15BrN2O2S/c18-11-5-6-13-12(9-11)16(21)17(22)20(13)10-19-7-1-3-14(19)15-4-2-8-23-15/h2,4-6,8-9,14H,1,3,7,10H2. The molecule has 1 unspecified atom stereocenters. The predicted molar refractivity (Wildman–Crippen MR) is 93.8 cm³/mol. The second-order valence-corrected chi connectivity index (χ2v) is 7.75. The average molecular weight is 391 g/mol. The highest BCUT2D eigenvalue weighted by Crippen LogP contribution is 2.37. The summed E-state index contributed by atoms with van der Waals surface area (Å²) >= 11 is 5.12. The van der Waals surface area contributed by atoms with E-state index in [2.05, 4.69) is 38.3 Å². The van der Waals surface area contributed by atoms with Gasteiger partial charge in [-0.2, -0.15) is 0 Å². The van der Waals surface area contributed by atoms with Gasteiger partial charge >= 0.3 is 5.91 Å². The lowest BCUT2D eigenvalue weighted by Gasteiger charge is -2.28. The van der Waals surface area contributed by atoms with Crippen LogP contribution in [0, 0.1) is 0 Å². The third-order valence-corrected chi connectivity index (χ3v) is 5.96. The van der Waals surface area contributed by atoms with Crippen LogP contribution in [0.1, 0.15) is 34.1 Å². The van der Waals surface area contributed by atoms with Gasteiger partial charge in [-0.1, -0.05) is 22.0 Å². The number of halogens is 1.